The fraction of sp³-hybridized carbons (Fsp3) is 0.105. The molecule has 0 spiro atoms. The van der Waals surface area contributed by atoms with E-state index in [9.17, 15) is 18.4 Å². The van der Waals surface area contributed by atoms with Gasteiger partial charge in [0.1, 0.15) is 21.5 Å². The first kappa shape index (κ1) is 17.9. The Morgan fingerprint density at radius 2 is 1.73 bits per heavy atom. The lowest BCUT2D eigenvalue weighted by molar-refractivity contribution is 0.101. The molecule has 0 fully saturated rings. The highest BCUT2D eigenvalue weighted by Crippen LogP contribution is 2.32. The van der Waals surface area contributed by atoms with Crippen molar-refractivity contribution < 1.29 is 18.4 Å². The van der Waals surface area contributed by atoms with E-state index in [0.29, 0.717) is 16.9 Å². The zero-order valence-electron chi connectivity index (χ0n) is 14.0. The second-order valence-corrected chi connectivity index (χ2v) is 6.62. The molecule has 1 heterocycles. The molecule has 26 heavy (non-hydrogen) atoms. The summed E-state index contributed by atoms with van der Waals surface area (Å²) in [6, 6.07) is 10.1. The first-order valence-corrected chi connectivity index (χ1v) is 8.52. The van der Waals surface area contributed by atoms with Crippen LogP contribution < -0.4 is 5.32 Å². The smallest absolute Gasteiger partial charge is 0.267 e. The minimum atomic E-state index is -0.736. The van der Waals surface area contributed by atoms with Crippen LogP contribution in [-0.2, 0) is 0 Å². The molecule has 0 aliphatic heterocycles. The Labute approximate surface area is 152 Å². The number of thiazole rings is 1. The summed E-state index contributed by atoms with van der Waals surface area (Å²) >= 11 is 0.909. The molecule has 0 saturated heterocycles. The Morgan fingerprint density at radius 3 is 2.38 bits per heavy atom. The van der Waals surface area contributed by atoms with Crippen LogP contribution in [0.4, 0.5) is 14.5 Å². The van der Waals surface area contributed by atoms with E-state index in [0.717, 1.165) is 23.5 Å². The molecule has 7 heteroatoms. The van der Waals surface area contributed by atoms with Crippen LogP contribution in [0.5, 0.6) is 0 Å². The number of benzene rings is 2. The molecule has 4 nitrogen and oxygen atoms in total. The number of carbonyl (C=O) groups is 2. The van der Waals surface area contributed by atoms with E-state index in [1.165, 1.54) is 13.0 Å². The van der Waals surface area contributed by atoms with Crippen molar-refractivity contribution in [1.29, 1.82) is 0 Å². The van der Waals surface area contributed by atoms with E-state index in [1.54, 1.807) is 31.2 Å². The van der Waals surface area contributed by atoms with Crippen LogP contribution in [0.25, 0.3) is 10.6 Å². The molecule has 0 saturated carbocycles. The van der Waals surface area contributed by atoms with Gasteiger partial charge in [-0.2, -0.15) is 0 Å². The summed E-state index contributed by atoms with van der Waals surface area (Å²) in [6.07, 6.45) is 0. The Morgan fingerprint density at radius 1 is 1.08 bits per heavy atom. The van der Waals surface area contributed by atoms with Gasteiger partial charge in [-0.3, -0.25) is 9.59 Å². The largest absolute Gasteiger partial charge is 0.321 e. The van der Waals surface area contributed by atoms with Gasteiger partial charge in [0.2, 0.25) is 0 Å². The Hall–Kier alpha value is -2.93. The van der Waals surface area contributed by atoms with Gasteiger partial charge in [-0.1, -0.05) is 18.2 Å². The Balaban J connectivity index is 1.91. The highest BCUT2D eigenvalue weighted by atomic mass is 32.1. The molecule has 3 aromatic rings. The molecule has 0 aliphatic carbocycles. The number of carbonyl (C=O) groups excluding carboxylic acids is 2. The summed E-state index contributed by atoms with van der Waals surface area (Å²) in [5.41, 5.74) is 1.04. The summed E-state index contributed by atoms with van der Waals surface area (Å²) in [4.78, 5) is 28.3. The van der Waals surface area contributed by atoms with Gasteiger partial charge >= 0.3 is 0 Å². The van der Waals surface area contributed by atoms with Gasteiger partial charge in [0.15, 0.2) is 5.78 Å². The molecule has 1 N–H and O–H groups in total. The molecule has 0 bridgehead atoms. The maximum absolute atomic E-state index is 13.9. The highest BCUT2D eigenvalue weighted by molar-refractivity contribution is 7.17. The van der Waals surface area contributed by atoms with Crippen molar-refractivity contribution in [3.8, 4) is 10.6 Å². The fourth-order valence-electron chi connectivity index (χ4n) is 2.42. The third kappa shape index (κ3) is 3.52. The van der Waals surface area contributed by atoms with Crippen LogP contribution in [-0.4, -0.2) is 16.7 Å². The number of aromatic nitrogens is 1. The molecule has 0 atom stereocenters. The van der Waals surface area contributed by atoms with Gasteiger partial charge in [-0.25, -0.2) is 13.8 Å². The monoisotopic (exact) mass is 372 g/mol. The number of halogens is 2. The predicted molar refractivity (Wildman–Crippen MR) is 96.6 cm³/mol. The summed E-state index contributed by atoms with van der Waals surface area (Å²) < 4.78 is 27.9. The number of amides is 1. The number of rotatable bonds is 4. The summed E-state index contributed by atoms with van der Waals surface area (Å²) in [5, 5.41) is 2.78. The Bertz CT molecular complexity index is 994. The van der Waals surface area contributed by atoms with Crippen molar-refractivity contribution in [2.45, 2.75) is 13.8 Å². The molecule has 2 aromatic carbocycles. The first-order valence-electron chi connectivity index (χ1n) is 7.71. The molecule has 1 aromatic heterocycles. The van der Waals surface area contributed by atoms with Gasteiger partial charge in [-0.15, -0.1) is 11.3 Å². The van der Waals surface area contributed by atoms with Crippen LogP contribution in [0.3, 0.4) is 0 Å². The van der Waals surface area contributed by atoms with Crippen LogP contribution in [0, 0.1) is 18.6 Å². The quantitative estimate of drug-likeness (QED) is 0.666. The van der Waals surface area contributed by atoms with Crippen molar-refractivity contribution in [2.24, 2.45) is 0 Å². The van der Waals surface area contributed by atoms with Gasteiger partial charge in [0, 0.05) is 11.3 Å². The lowest BCUT2D eigenvalue weighted by Gasteiger charge is -2.05. The maximum atomic E-state index is 13.9. The molecular formula is C19H14F2N2O2S. The van der Waals surface area contributed by atoms with E-state index >= 15 is 0 Å². The molecule has 3 rings (SSSR count). The normalized spacial score (nSPS) is 10.6. The molecule has 0 unspecified atom stereocenters. The molecule has 1 amide bonds. The SMILES string of the molecule is CC(=O)c1cccc(NC(=O)c2sc(-c3c(F)cccc3F)nc2C)c1. The van der Waals surface area contributed by atoms with E-state index < -0.39 is 17.5 Å². The second kappa shape index (κ2) is 7.13. The van der Waals surface area contributed by atoms with Crippen molar-refractivity contribution in [2.75, 3.05) is 5.32 Å². The van der Waals surface area contributed by atoms with E-state index in [1.807, 2.05) is 0 Å². The lowest BCUT2D eigenvalue weighted by atomic mass is 10.1. The van der Waals surface area contributed by atoms with Crippen molar-refractivity contribution in [1.82, 2.24) is 4.98 Å². The van der Waals surface area contributed by atoms with Crippen molar-refractivity contribution in [3.05, 3.63) is 70.2 Å². The summed E-state index contributed by atoms with van der Waals surface area (Å²) in [5.74, 6) is -2.05. The van der Waals surface area contributed by atoms with Crippen LogP contribution in [0.1, 0.15) is 32.6 Å². The van der Waals surface area contributed by atoms with E-state index in [-0.39, 0.29) is 21.2 Å². The van der Waals surface area contributed by atoms with Gasteiger partial charge in [0.05, 0.1) is 11.3 Å². The molecule has 0 radical (unpaired) electrons. The molecule has 0 aliphatic rings. The third-order valence-corrected chi connectivity index (χ3v) is 4.88. The first-order chi connectivity index (χ1) is 12.4. The van der Waals surface area contributed by atoms with Gasteiger partial charge in [0.25, 0.3) is 5.91 Å². The minimum Gasteiger partial charge on any atom is -0.321 e. The average Bonchev–Trinajstić information content (AvgIpc) is 2.96. The zero-order chi connectivity index (χ0) is 18.8. The Kier molecular flexibility index (Phi) is 4.90. The minimum absolute atomic E-state index is 0.0979. The van der Waals surface area contributed by atoms with Crippen LogP contribution in [0.2, 0.25) is 0 Å². The second-order valence-electron chi connectivity index (χ2n) is 5.62. The number of Topliss-reactive ketones (excluding diaryl/α,β-unsaturated/α-hetero) is 1. The van der Waals surface area contributed by atoms with Gasteiger partial charge < -0.3 is 5.32 Å². The standard InChI is InChI=1S/C19H14F2N2O2S/c1-10-17(18(25)23-13-6-3-5-12(9-13)11(2)24)26-19(22-10)16-14(20)7-4-8-15(16)21/h3-9H,1-2H3,(H,23,25). The number of ketones is 1. The van der Waals surface area contributed by atoms with Gasteiger partial charge in [-0.05, 0) is 38.1 Å². The summed E-state index contributed by atoms with van der Waals surface area (Å²) in [7, 11) is 0. The third-order valence-electron chi connectivity index (χ3n) is 3.71. The highest BCUT2D eigenvalue weighted by Gasteiger charge is 2.20. The van der Waals surface area contributed by atoms with Crippen LogP contribution in [0.15, 0.2) is 42.5 Å². The topological polar surface area (TPSA) is 59.1 Å². The zero-order valence-corrected chi connectivity index (χ0v) is 14.8. The van der Waals surface area contributed by atoms with Crippen molar-refractivity contribution >= 4 is 28.7 Å². The number of aryl methyl sites for hydroxylation is 1. The number of anilines is 1. The fourth-order valence-corrected chi connectivity index (χ4v) is 3.43. The summed E-state index contributed by atoms with van der Waals surface area (Å²) in [6.45, 7) is 3.03. The number of nitrogens with one attached hydrogen (secondary N) is 1. The maximum Gasteiger partial charge on any atom is 0.267 e. The average molecular weight is 372 g/mol. The number of hydrogen-bond acceptors (Lipinski definition) is 4. The van der Waals surface area contributed by atoms with Crippen molar-refractivity contribution in [3.63, 3.8) is 0 Å². The van der Waals surface area contributed by atoms with E-state index in [4.69, 9.17) is 0 Å². The number of nitrogens with zero attached hydrogens (tertiary/aromatic N) is 1. The van der Waals surface area contributed by atoms with E-state index in [2.05, 4.69) is 10.3 Å². The molecular weight excluding hydrogens is 358 g/mol. The number of hydrogen-bond donors (Lipinski definition) is 1. The molecule has 132 valence electrons. The predicted octanol–water partition coefficient (Wildman–Crippen LogP) is 4.85. The van der Waals surface area contributed by atoms with Crippen LogP contribution >= 0.6 is 11.3 Å². The lowest BCUT2D eigenvalue weighted by Crippen LogP contribution is -2.11.